The second-order valence-corrected chi connectivity index (χ2v) is 5.91. The van der Waals surface area contributed by atoms with E-state index in [-0.39, 0.29) is 43.5 Å². The molecule has 2 rings (SSSR count). The Balaban J connectivity index is 1.95. The van der Waals surface area contributed by atoms with Gasteiger partial charge in [-0.3, -0.25) is 4.79 Å². The van der Waals surface area contributed by atoms with Crippen LogP contribution < -0.4 is 0 Å². The Morgan fingerprint density at radius 3 is 2.38 bits per heavy atom. The fourth-order valence-electron chi connectivity index (χ4n) is 2.75. The van der Waals surface area contributed by atoms with Gasteiger partial charge >= 0.3 is 6.18 Å². The summed E-state index contributed by atoms with van der Waals surface area (Å²) in [6, 6.07) is 3.96. The Morgan fingerprint density at radius 2 is 1.81 bits per heavy atom. The molecule has 1 aromatic carbocycles. The molecule has 1 saturated carbocycles. The van der Waals surface area contributed by atoms with Gasteiger partial charge in [0, 0.05) is 17.4 Å². The molecule has 1 fully saturated rings. The minimum absolute atomic E-state index is 0.0298. The van der Waals surface area contributed by atoms with Gasteiger partial charge < -0.3 is 0 Å². The molecule has 0 amide bonds. The minimum atomic E-state index is -4.19. The first kappa shape index (κ1) is 16.3. The van der Waals surface area contributed by atoms with E-state index in [1.165, 1.54) is 18.2 Å². The lowest BCUT2D eigenvalue weighted by Gasteiger charge is -2.29. The van der Waals surface area contributed by atoms with E-state index in [1.807, 2.05) is 0 Å². The maximum atomic E-state index is 13.6. The molecule has 1 aromatic rings. The van der Waals surface area contributed by atoms with E-state index >= 15 is 0 Å². The summed E-state index contributed by atoms with van der Waals surface area (Å²) < 4.78 is 51.2. The van der Waals surface area contributed by atoms with Crippen molar-refractivity contribution in [1.82, 2.24) is 0 Å². The Labute approximate surface area is 125 Å². The van der Waals surface area contributed by atoms with Gasteiger partial charge in [-0.1, -0.05) is 11.6 Å². The lowest BCUT2D eigenvalue weighted by Crippen LogP contribution is -2.30. The first-order valence-corrected chi connectivity index (χ1v) is 7.18. The maximum Gasteiger partial charge on any atom is 0.391 e. The summed E-state index contributed by atoms with van der Waals surface area (Å²) in [6.07, 6.45) is -3.94. The molecule has 0 aliphatic heterocycles. The molecule has 116 valence electrons. The zero-order valence-electron chi connectivity index (χ0n) is 11.2. The number of alkyl halides is 3. The second kappa shape index (κ2) is 6.34. The van der Waals surface area contributed by atoms with Crippen molar-refractivity contribution < 1.29 is 22.4 Å². The highest BCUT2D eigenvalue weighted by Gasteiger charge is 2.42. The van der Waals surface area contributed by atoms with E-state index in [1.54, 1.807) is 0 Å². The number of carbonyl (C=O) groups is 1. The van der Waals surface area contributed by atoms with Crippen molar-refractivity contribution >= 4 is 17.4 Å². The number of hydrogen-bond donors (Lipinski definition) is 0. The van der Waals surface area contributed by atoms with Crippen molar-refractivity contribution in [3.8, 4) is 0 Å². The number of halogens is 5. The Kier molecular flexibility index (Phi) is 4.91. The van der Waals surface area contributed by atoms with Crippen LogP contribution in [0.15, 0.2) is 18.2 Å². The van der Waals surface area contributed by atoms with Crippen molar-refractivity contribution in [2.75, 3.05) is 0 Å². The monoisotopic (exact) mass is 322 g/mol. The third-order valence-electron chi connectivity index (χ3n) is 4.02. The van der Waals surface area contributed by atoms with Crippen LogP contribution in [0.1, 0.15) is 31.2 Å². The third kappa shape index (κ3) is 4.19. The molecule has 0 saturated heterocycles. The Hall–Kier alpha value is -1.10. The van der Waals surface area contributed by atoms with Crippen molar-refractivity contribution in [2.45, 2.75) is 38.3 Å². The number of Topliss-reactive ketones (excluding diaryl/α,β-unsaturated/α-hetero) is 1. The first-order valence-electron chi connectivity index (χ1n) is 6.80. The van der Waals surface area contributed by atoms with Gasteiger partial charge in [0.1, 0.15) is 11.6 Å². The SMILES string of the molecule is O=C(Cc1cc(Cl)ccc1F)C1CCC(C(F)(F)F)CC1. The number of carbonyl (C=O) groups excluding carboxylic acids is 1. The molecule has 0 unspecified atom stereocenters. The van der Waals surface area contributed by atoms with Crippen LogP contribution in [0, 0.1) is 17.7 Å². The van der Waals surface area contributed by atoms with Crippen molar-refractivity contribution in [3.63, 3.8) is 0 Å². The van der Waals surface area contributed by atoms with E-state index in [4.69, 9.17) is 11.6 Å². The van der Waals surface area contributed by atoms with E-state index in [2.05, 4.69) is 0 Å². The van der Waals surface area contributed by atoms with Crippen LogP contribution in [-0.4, -0.2) is 12.0 Å². The van der Waals surface area contributed by atoms with Gasteiger partial charge in [0.25, 0.3) is 0 Å². The van der Waals surface area contributed by atoms with Crippen LogP contribution >= 0.6 is 11.6 Å². The van der Waals surface area contributed by atoms with E-state index in [9.17, 15) is 22.4 Å². The lowest BCUT2D eigenvalue weighted by atomic mass is 9.78. The zero-order valence-corrected chi connectivity index (χ0v) is 12.0. The summed E-state index contributed by atoms with van der Waals surface area (Å²) in [6.45, 7) is 0. The standard InChI is InChI=1S/C15H15ClF4O/c16-12-5-6-13(17)10(7-12)8-14(21)9-1-3-11(4-2-9)15(18,19)20/h5-7,9,11H,1-4,8H2. The number of hydrogen-bond acceptors (Lipinski definition) is 1. The quantitative estimate of drug-likeness (QED) is 0.719. The number of benzene rings is 1. The highest BCUT2D eigenvalue weighted by atomic mass is 35.5. The fourth-order valence-corrected chi connectivity index (χ4v) is 2.95. The lowest BCUT2D eigenvalue weighted by molar-refractivity contribution is -0.184. The summed E-state index contributed by atoms with van der Waals surface area (Å²) in [5, 5.41) is 0.333. The molecule has 0 N–H and O–H groups in total. The van der Waals surface area contributed by atoms with Crippen LogP contribution in [0.2, 0.25) is 5.02 Å². The Bertz CT molecular complexity index is 519. The molecule has 6 heteroatoms. The Morgan fingerprint density at radius 1 is 1.19 bits per heavy atom. The van der Waals surface area contributed by atoms with Gasteiger partial charge in [0.15, 0.2) is 0 Å². The molecule has 1 aliphatic carbocycles. The molecule has 0 atom stereocenters. The largest absolute Gasteiger partial charge is 0.391 e. The van der Waals surface area contributed by atoms with Crippen molar-refractivity contribution in [2.24, 2.45) is 11.8 Å². The smallest absolute Gasteiger partial charge is 0.299 e. The van der Waals surface area contributed by atoms with Crippen LogP contribution in [0.3, 0.4) is 0 Å². The topological polar surface area (TPSA) is 17.1 Å². The van der Waals surface area contributed by atoms with Gasteiger partial charge in [-0.05, 0) is 49.4 Å². The molecule has 0 radical (unpaired) electrons. The highest BCUT2D eigenvalue weighted by molar-refractivity contribution is 6.30. The summed E-state index contributed by atoms with van der Waals surface area (Å²) in [7, 11) is 0. The summed E-state index contributed by atoms with van der Waals surface area (Å²) in [5.74, 6) is -2.46. The van der Waals surface area contributed by atoms with Gasteiger partial charge in [0.05, 0.1) is 5.92 Å². The zero-order chi connectivity index (χ0) is 15.6. The predicted octanol–water partition coefficient (Wildman–Crippen LogP) is 4.96. The first-order chi connectivity index (χ1) is 9.77. The van der Waals surface area contributed by atoms with E-state index in [0.717, 1.165) is 0 Å². The molecule has 0 bridgehead atoms. The molecule has 0 aromatic heterocycles. The van der Waals surface area contributed by atoms with Crippen LogP contribution in [0.25, 0.3) is 0 Å². The normalized spacial score (nSPS) is 23.1. The molecule has 21 heavy (non-hydrogen) atoms. The van der Waals surface area contributed by atoms with E-state index in [0.29, 0.717) is 5.02 Å². The van der Waals surface area contributed by atoms with Crippen LogP contribution in [0.4, 0.5) is 17.6 Å². The molecular formula is C15H15ClF4O. The fraction of sp³-hybridized carbons (Fsp3) is 0.533. The van der Waals surface area contributed by atoms with Gasteiger partial charge in [-0.15, -0.1) is 0 Å². The number of ketones is 1. The molecule has 1 aliphatic rings. The number of rotatable bonds is 3. The predicted molar refractivity (Wildman–Crippen MR) is 71.6 cm³/mol. The summed E-state index contributed by atoms with van der Waals surface area (Å²) in [4.78, 5) is 12.1. The van der Waals surface area contributed by atoms with Gasteiger partial charge in [-0.2, -0.15) is 13.2 Å². The van der Waals surface area contributed by atoms with Crippen LogP contribution in [0.5, 0.6) is 0 Å². The molecule has 1 nitrogen and oxygen atoms in total. The highest BCUT2D eigenvalue weighted by Crippen LogP contribution is 2.40. The molecule has 0 heterocycles. The summed E-state index contributed by atoms with van der Waals surface area (Å²) >= 11 is 5.75. The van der Waals surface area contributed by atoms with Crippen LogP contribution in [-0.2, 0) is 11.2 Å². The molecule has 0 spiro atoms. The van der Waals surface area contributed by atoms with Crippen molar-refractivity contribution in [1.29, 1.82) is 0 Å². The average molecular weight is 323 g/mol. The average Bonchev–Trinajstić information content (AvgIpc) is 2.42. The third-order valence-corrected chi connectivity index (χ3v) is 4.25. The van der Waals surface area contributed by atoms with Gasteiger partial charge in [-0.25, -0.2) is 4.39 Å². The molecular weight excluding hydrogens is 308 g/mol. The second-order valence-electron chi connectivity index (χ2n) is 5.47. The van der Waals surface area contributed by atoms with Gasteiger partial charge in [0.2, 0.25) is 0 Å². The summed E-state index contributed by atoms with van der Waals surface area (Å²) in [5.41, 5.74) is 0.199. The van der Waals surface area contributed by atoms with Crippen molar-refractivity contribution in [3.05, 3.63) is 34.6 Å². The van der Waals surface area contributed by atoms with E-state index < -0.39 is 23.8 Å². The maximum absolute atomic E-state index is 13.6. The minimum Gasteiger partial charge on any atom is -0.299 e.